The first-order valence-corrected chi connectivity index (χ1v) is 17.9. The molecule has 1 aromatic carbocycles. The predicted octanol–water partition coefficient (Wildman–Crippen LogP) is 7.97. The van der Waals surface area contributed by atoms with E-state index in [1.54, 1.807) is 0 Å². The van der Waals surface area contributed by atoms with Gasteiger partial charge in [0.1, 0.15) is 12.7 Å². The number of carbonyl (C=O) groups excluding carboxylic acids is 3. The van der Waals surface area contributed by atoms with Crippen LogP contribution in [-0.2, 0) is 30.5 Å². The van der Waals surface area contributed by atoms with E-state index in [0.29, 0.717) is 13.2 Å². The number of benzene rings is 1. The van der Waals surface area contributed by atoms with Gasteiger partial charge in [0.25, 0.3) is 0 Å². The molecular formula is C40H57NO5. The van der Waals surface area contributed by atoms with Crippen molar-refractivity contribution in [3.8, 4) is 0 Å². The first-order chi connectivity index (χ1) is 21.5. The molecule has 0 amide bonds. The van der Waals surface area contributed by atoms with Crippen LogP contribution in [0, 0.1) is 50.2 Å². The zero-order valence-electron chi connectivity index (χ0n) is 29.4. The normalized spacial score (nSPS) is 42.8. The van der Waals surface area contributed by atoms with Crippen molar-refractivity contribution in [1.82, 2.24) is 0 Å². The fraction of sp³-hybridized carbons (Fsp3) is 0.725. The first-order valence-electron chi connectivity index (χ1n) is 17.9. The number of esters is 2. The fourth-order valence-electron chi connectivity index (χ4n) is 11.8. The average molecular weight is 632 g/mol. The Morgan fingerprint density at radius 3 is 2.28 bits per heavy atom. The third-order valence-corrected chi connectivity index (χ3v) is 14.8. The highest BCUT2D eigenvalue weighted by molar-refractivity contribution is 5.95. The molecule has 0 aliphatic heterocycles. The number of carbonyl (C=O) groups is 3. The van der Waals surface area contributed by atoms with Crippen molar-refractivity contribution >= 4 is 17.7 Å². The van der Waals surface area contributed by atoms with Gasteiger partial charge in [-0.25, -0.2) is 0 Å². The molecule has 0 spiro atoms. The molecular weight excluding hydrogens is 574 g/mol. The van der Waals surface area contributed by atoms with Gasteiger partial charge in [0.15, 0.2) is 5.78 Å². The molecule has 0 bridgehead atoms. The highest BCUT2D eigenvalue weighted by atomic mass is 16.5. The van der Waals surface area contributed by atoms with Crippen LogP contribution in [0.25, 0.3) is 0 Å². The summed E-state index contributed by atoms with van der Waals surface area (Å²) in [5, 5.41) is 0. The Bertz CT molecular complexity index is 1420. The molecule has 4 fully saturated rings. The van der Waals surface area contributed by atoms with Gasteiger partial charge < -0.3 is 15.2 Å². The van der Waals surface area contributed by atoms with Gasteiger partial charge in [-0.15, -0.1) is 0 Å². The van der Waals surface area contributed by atoms with E-state index >= 15 is 0 Å². The average Bonchev–Trinajstić information content (AvgIpc) is 3.00. The Labute approximate surface area is 276 Å². The lowest BCUT2D eigenvalue weighted by molar-refractivity contribution is -0.211. The van der Waals surface area contributed by atoms with Crippen molar-refractivity contribution in [2.45, 2.75) is 125 Å². The Kier molecular flexibility index (Phi) is 8.22. The van der Waals surface area contributed by atoms with E-state index in [9.17, 15) is 14.4 Å². The molecule has 5 aliphatic rings. The maximum atomic E-state index is 14.7. The largest absolute Gasteiger partial charge is 0.462 e. The van der Waals surface area contributed by atoms with Crippen LogP contribution < -0.4 is 5.73 Å². The van der Waals surface area contributed by atoms with Gasteiger partial charge in [-0.1, -0.05) is 77.4 Å². The minimum absolute atomic E-state index is 0.0720. The Balaban J connectivity index is 1.30. The number of fused-ring (bicyclic) bond motifs is 7. The quantitative estimate of drug-likeness (QED) is 0.320. The van der Waals surface area contributed by atoms with Gasteiger partial charge in [-0.2, -0.15) is 0 Å². The summed E-state index contributed by atoms with van der Waals surface area (Å²) in [4.78, 5) is 40.9. The molecule has 4 saturated carbocycles. The molecule has 0 radical (unpaired) electrons. The van der Waals surface area contributed by atoms with Gasteiger partial charge in [-0.3, -0.25) is 14.4 Å². The molecule has 0 saturated heterocycles. The van der Waals surface area contributed by atoms with Gasteiger partial charge >= 0.3 is 11.9 Å². The van der Waals surface area contributed by atoms with Crippen LogP contribution in [0.2, 0.25) is 0 Å². The highest BCUT2D eigenvalue weighted by Crippen LogP contribution is 2.75. The van der Waals surface area contributed by atoms with Crippen LogP contribution in [0.15, 0.2) is 42.0 Å². The van der Waals surface area contributed by atoms with Gasteiger partial charge in [0, 0.05) is 17.9 Å². The molecule has 0 unspecified atom stereocenters. The third-order valence-electron chi connectivity index (χ3n) is 14.8. The van der Waals surface area contributed by atoms with Crippen molar-refractivity contribution in [2.24, 2.45) is 56.0 Å². The SMILES string of the molecule is CC1(C)[C@@H](OC(=O)CCN)CC[C@]2(C)[C@H]3C(=O)C=C4[C@@H]5C[C@@](C)(C(=O)OCc6ccccc6)CC[C@]5(C)CC[C@@]4(C)[C@]3(C)CC[C@@H]12. The summed E-state index contributed by atoms with van der Waals surface area (Å²) in [5.41, 5.74) is 6.73. The molecule has 46 heavy (non-hydrogen) atoms. The van der Waals surface area contributed by atoms with E-state index in [1.165, 1.54) is 5.57 Å². The lowest BCUT2D eigenvalue weighted by Crippen LogP contribution is -2.66. The molecule has 6 nitrogen and oxygen atoms in total. The third kappa shape index (κ3) is 4.94. The van der Waals surface area contributed by atoms with E-state index in [1.807, 2.05) is 30.3 Å². The van der Waals surface area contributed by atoms with Crippen molar-refractivity contribution in [1.29, 1.82) is 0 Å². The lowest BCUT2D eigenvalue weighted by atomic mass is 9.33. The summed E-state index contributed by atoms with van der Waals surface area (Å²) in [7, 11) is 0. The van der Waals surface area contributed by atoms with Crippen LogP contribution in [0.5, 0.6) is 0 Å². The number of hydrogen-bond acceptors (Lipinski definition) is 6. The molecule has 5 aliphatic carbocycles. The van der Waals surface area contributed by atoms with E-state index in [4.69, 9.17) is 15.2 Å². The second-order valence-electron chi connectivity index (χ2n) is 17.7. The summed E-state index contributed by atoms with van der Waals surface area (Å²) in [6, 6.07) is 9.90. The molecule has 6 heteroatoms. The number of ether oxygens (including phenoxy) is 2. The number of nitrogens with two attached hydrogens (primary N) is 1. The van der Waals surface area contributed by atoms with Crippen LogP contribution in [-0.4, -0.2) is 30.4 Å². The van der Waals surface area contributed by atoms with Gasteiger partial charge in [0.2, 0.25) is 0 Å². The van der Waals surface area contributed by atoms with Crippen LogP contribution in [0.3, 0.4) is 0 Å². The van der Waals surface area contributed by atoms with Crippen LogP contribution in [0.4, 0.5) is 0 Å². The Morgan fingerprint density at radius 1 is 0.891 bits per heavy atom. The standard InChI is InChI=1S/C40H57NO5/c1-35(2)30-13-17-40(7)33(38(30,5)16-14-31(35)46-32(43)15-22-41)29(42)23-27-28-24-37(4,19-18-36(28,3)20-21-39(27,40)6)34(44)45-25-26-11-9-8-10-12-26/h8-12,23,28,30-31,33H,13-22,24-25,41H2,1-7H3/t28-,30-,31-,33+,36+,37-,38-,39+,40+/m0/s1. The Hall–Kier alpha value is -2.47. The Morgan fingerprint density at radius 2 is 1.59 bits per heavy atom. The molecule has 9 atom stereocenters. The number of ketones is 1. The van der Waals surface area contributed by atoms with E-state index in [-0.39, 0.29) is 75.1 Å². The van der Waals surface area contributed by atoms with E-state index in [0.717, 1.165) is 63.4 Å². The summed E-state index contributed by atoms with van der Waals surface area (Å²) in [6.07, 6.45) is 10.5. The summed E-state index contributed by atoms with van der Waals surface area (Å²) in [5.74, 6) is 0.318. The smallest absolute Gasteiger partial charge is 0.312 e. The number of allylic oxidation sites excluding steroid dienone is 2. The number of rotatable bonds is 6. The first kappa shape index (κ1) is 33.4. The van der Waals surface area contributed by atoms with Crippen molar-refractivity contribution in [3.05, 3.63) is 47.5 Å². The summed E-state index contributed by atoms with van der Waals surface area (Å²) < 4.78 is 12.0. The highest BCUT2D eigenvalue weighted by Gasteiger charge is 2.70. The van der Waals surface area contributed by atoms with Crippen LogP contribution >= 0.6 is 0 Å². The zero-order valence-corrected chi connectivity index (χ0v) is 29.4. The topological polar surface area (TPSA) is 95.7 Å². The van der Waals surface area contributed by atoms with Crippen LogP contribution in [0.1, 0.15) is 118 Å². The second kappa shape index (κ2) is 11.3. The second-order valence-corrected chi connectivity index (χ2v) is 17.7. The maximum absolute atomic E-state index is 14.7. The van der Waals surface area contributed by atoms with E-state index in [2.05, 4.69) is 54.5 Å². The van der Waals surface area contributed by atoms with Gasteiger partial charge in [-0.05, 0) is 110 Å². The van der Waals surface area contributed by atoms with Crippen molar-refractivity contribution in [3.63, 3.8) is 0 Å². The molecule has 252 valence electrons. The summed E-state index contributed by atoms with van der Waals surface area (Å²) in [6.45, 7) is 16.8. The molecule has 1 aromatic rings. The minimum Gasteiger partial charge on any atom is -0.462 e. The molecule has 6 rings (SSSR count). The monoisotopic (exact) mass is 631 g/mol. The molecule has 2 N–H and O–H groups in total. The fourth-order valence-corrected chi connectivity index (χ4v) is 11.8. The molecule has 0 aromatic heterocycles. The van der Waals surface area contributed by atoms with E-state index < -0.39 is 5.41 Å². The van der Waals surface area contributed by atoms with Crippen molar-refractivity contribution < 1.29 is 23.9 Å². The molecule has 0 heterocycles. The minimum atomic E-state index is -0.577. The van der Waals surface area contributed by atoms with Crippen molar-refractivity contribution in [2.75, 3.05) is 6.54 Å². The number of hydrogen-bond donors (Lipinski definition) is 1. The maximum Gasteiger partial charge on any atom is 0.312 e. The lowest BCUT2D eigenvalue weighted by Gasteiger charge is -2.70. The zero-order chi connectivity index (χ0) is 33.3. The van der Waals surface area contributed by atoms with Gasteiger partial charge in [0.05, 0.1) is 11.8 Å². The summed E-state index contributed by atoms with van der Waals surface area (Å²) >= 11 is 0. The predicted molar refractivity (Wildman–Crippen MR) is 179 cm³/mol.